The Morgan fingerprint density at radius 2 is 1.82 bits per heavy atom. The van der Waals surface area contributed by atoms with E-state index >= 15 is 0 Å². The van der Waals surface area contributed by atoms with Crippen molar-refractivity contribution in [3.8, 4) is 29.1 Å². The summed E-state index contributed by atoms with van der Waals surface area (Å²) in [6.07, 6.45) is -3.41. The molecule has 3 aromatic rings. The highest BCUT2D eigenvalue weighted by molar-refractivity contribution is 7.92. The molecule has 3 rings (SSSR count). The molecule has 11 heteroatoms. The molecule has 0 bridgehead atoms. The average Bonchev–Trinajstić information content (AvgIpc) is 3.09. The summed E-state index contributed by atoms with van der Waals surface area (Å²) >= 11 is 0.962. The molecule has 2 heterocycles. The SMILES string of the molecule is CS(=O)(=O)c1cc(Oc2cc(C#N)nc(-c3ccc(C(F)(F)F)cc3)n2)cs1. The Labute approximate surface area is 161 Å². The largest absolute Gasteiger partial charge is 0.438 e. The van der Waals surface area contributed by atoms with E-state index in [0.29, 0.717) is 0 Å². The number of benzene rings is 1. The number of hydrogen-bond donors (Lipinski definition) is 0. The van der Waals surface area contributed by atoms with Gasteiger partial charge in [0.25, 0.3) is 0 Å². The molecule has 2 aromatic heterocycles. The van der Waals surface area contributed by atoms with Gasteiger partial charge in [0.2, 0.25) is 5.88 Å². The molecule has 0 aliphatic heterocycles. The highest BCUT2D eigenvalue weighted by Gasteiger charge is 2.30. The first-order valence-corrected chi connectivity index (χ1v) is 10.3. The zero-order valence-corrected chi connectivity index (χ0v) is 15.7. The van der Waals surface area contributed by atoms with Crippen LogP contribution in [-0.2, 0) is 16.0 Å². The van der Waals surface area contributed by atoms with Gasteiger partial charge in [-0.15, -0.1) is 11.3 Å². The van der Waals surface area contributed by atoms with E-state index in [1.54, 1.807) is 0 Å². The van der Waals surface area contributed by atoms with E-state index in [4.69, 9.17) is 10.00 Å². The number of nitrogens with zero attached hydrogens (tertiary/aromatic N) is 3. The summed E-state index contributed by atoms with van der Waals surface area (Å²) in [6, 6.07) is 8.53. The zero-order chi connectivity index (χ0) is 20.5. The van der Waals surface area contributed by atoms with Gasteiger partial charge >= 0.3 is 6.18 Å². The number of hydrogen-bond acceptors (Lipinski definition) is 7. The summed E-state index contributed by atoms with van der Waals surface area (Å²) in [5, 5.41) is 10.6. The second-order valence-electron chi connectivity index (χ2n) is 5.58. The van der Waals surface area contributed by atoms with E-state index in [-0.39, 0.29) is 32.9 Å². The van der Waals surface area contributed by atoms with Gasteiger partial charge in [0.1, 0.15) is 21.7 Å². The van der Waals surface area contributed by atoms with Crippen LogP contribution >= 0.6 is 11.3 Å². The first kappa shape index (κ1) is 19.8. The van der Waals surface area contributed by atoms with Crippen LogP contribution in [0.4, 0.5) is 13.2 Å². The molecule has 0 N–H and O–H groups in total. The quantitative estimate of drug-likeness (QED) is 0.619. The van der Waals surface area contributed by atoms with E-state index in [9.17, 15) is 21.6 Å². The maximum Gasteiger partial charge on any atom is 0.416 e. The van der Waals surface area contributed by atoms with Crippen LogP contribution in [0.25, 0.3) is 11.4 Å². The standard InChI is InChI=1S/C17H10F3N3O3S2/c1-28(24,25)15-7-13(9-27-15)26-14-6-12(8-21)22-16(23-14)10-2-4-11(5-3-10)17(18,19)20/h2-7,9H,1H3. The molecular formula is C17H10F3N3O3S2. The van der Waals surface area contributed by atoms with Crippen LogP contribution in [0.15, 0.2) is 46.0 Å². The third-order valence-electron chi connectivity index (χ3n) is 3.43. The summed E-state index contributed by atoms with van der Waals surface area (Å²) < 4.78 is 66.8. The van der Waals surface area contributed by atoms with Gasteiger partial charge in [-0.3, -0.25) is 0 Å². The van der Waals surface area contributed by atoms with Gasteiger partial charge in [0, 0.05) is 29.3 Å². The van der Waals surface area contributed by atoms with Gasteiger partial charge in [-0.25, -0.2) is 13.4 Å². The van der Waals surface area contributed by atoms with Crippen LogP contribution in [0.3, 0.4) is 0 Å². The minimum absolute atomic E-state index is 0.00124. The van der Waals surface area contributed by atoms with Gasteiger partial charge in [-0.1, -0.05) is 12.1 Å². The van der Waals surface area contributed by atoms with Crippen molar-refractivity contribution < 1.29 is 26.3 Å². The lowest BCUT2D eigenvalue weighted by atomic mass is 10.1. The van der Waals surface area contributed by atoms with Crippen LogP contribution in [0.2, 0.25) is 0 Å². The molecule has 0 saturated carbocycles. The fourth-order valence-electron chi connectivity index (χ4n) is 2.14. The molecule has 0 amide bonds. The molecule has 0 spiro atoms. The molecular weight excluding hydrogens is 415 g/mol. The average molecular weight is 425 g/mol. The first-order valence-electron chi connectivity index (χ1n) is 7.49. The molecule has 6 nitrogen and oxygen atoms in total. The minimum atomic E-state index is -4.47. The normalized spacial score (nSPS) is 11.8. The topological polar surface area (TPSA) is 92.9 Å². The molecule has 28 heavy (non-hydrogen) atoms. The Hall–Kier alpha value is -2.97. The van der Waals surface area contributed by atoms with Crippen LogP contribution in [0.1, 0.15) is 11.3 Å². The fraction of sp³-hybridized carbons (Fsp3) is 0.118. The van der Waals surface area contributed by atoms with Gasteiger partial charge in [0.05, 0.1) is 5.56 Å². The van der Waals surface area contributed by atoms with Crippen molar-refractivity contribution in [3.63, 3.8) is 0 Å². The molecule has 0 atom stereocenters. The number of halogens is 3. The molecule has 0 radical (unpaired) electrons. The first-order chi connectivity index (χ1) is 13.1. The Balaban J connectivity index is 1.94. The molecule has 0 aliphatic carbocycles. The number of ether oxygens (including phenoxy) is 1. The number of alkyl halides is 3. The molecule has 0 fully saturated rings. The van der Waals surface area contributed by atoms with Crippen molar-refractivity contribution in [1.29, 1.82) is 5.26 Å². The third kappa shape index (κ3) is 4.47. The van der Waals surface area contributed by atoms with Crippen LogP contribution in [0, 0.1) is 11.3 Å². The molecule has 0 aliphatic rings. The maximum atomic E-state index is 12.7. The van der Waals surface area contributed by atoms with E-state index < -0.39 is 21.6 Å². The Bertz CT molecular complexity index is 1160. The smallest absolute Gasteiger partial charge is 0.416 e. The number of aromatic nitrogens is 2. The highest BCUT2D eigenvalue weighted by Crippen LogP contribution is 2.32. The lowest BCUT2D eigenvalue weighted by Gasteiger charge is -2.08. The lowest BCUT2D eigenvalue weighted by Crippen LogP contribution is -2.04. The van der Waals surface area contributed by atoms with Crippen LogP contribution in [0.5, 0.6) is 11.6 Å². The van der Waals surface area contributed by atoms with E-state index in [2.05, 4.69) is 9.97 Å². The predicted molar refractivity (Wildman–Crippen MR) is 94.7 cm³/mol. The van der Waals surface area contributed by atoms with Crippen LogP contribution < -0.4 is 4.74 Å². The van der Waals surface area contributed by atoms with E-state index in [0.717, 1.165) is 29.7 Å². The zero-order valence-electron chi connectivity index (χ0n) is 14.1. The Morgan fingerprint density at radius 3 is 2.36 bits per heavy atom. The summed E-state index contributed by atoms with van der Waals surface area (Å²) in [4.78, 5) is 8.07. The number of nitriles is 1. The maximum absolute atomic E-state index is 12.7. The molecule has 1 aromatic carbocycles. The summed E-state index contributed by atoms with van der Waals surface area (Å²) in [6.45, 7) is 0. The fourth-order valence-corrected chi connectivity index (χ4v) is 3.85. The Kier molecular flexibility index (Phi) is 5.10. The molecule has 144 valence electrons. The second-order valence-corrected chi connectivity index (χ2v) is 8.73. The van der Waals surface area contributed by atoms with Crippen molar-refractivity contribution in [2.75, 3.05) is 6.26 Å². The van der Waals surface area contributed by atoms with Crippen molar-refractivity contribution in [3.05, 3.63) is 53.0 Å². The van der Waals surface area contributed by atoms with Crippen molar-refractivity contribution >= 4 is 21.2 Å². The van der Waals surface area contributed by atoms with Gasteiger partial charge in [-0.2, -0.15) is 23.4 Å². The number of rotatable bonds is 4. The minimum Gasteiger partial charge on any atom is -0.438 e. The second kappa shape index (κ2) is 7.21. The van der Waals surface area contributed by atoms with Gasteiger partial charge < -0.3 is 4.74 Å². The molecule has 0 saturated heterocycles. The van der Waals surface area contributed by atoms with Crippen LogP contribution in [-0.4, -0.2) is 24.6 Å². The van der Waals surface area contributed by atoms with Crippen molar-refractivity contribution in [2.45, 2.75) is 10.4 Å². The Morgan fingerprint density at radius 1 is 1.14 bits per heavy atom. The van der Waals surface area contributed by atoms with E-state index in [1.807, 2.05) is 6.07 Å². The van der Waals surface area contributed by atoms with Gasteiger partial charge in [-0.05, 0) is 12.1 Å². The van der Waals surface area contributed by atoms with Gasteiger partial charge in [0.15, 0.2) is 15.7 Å². The number of sulfone groups is 1. The van der Waals surface area contributed by atoms with Crippen molar-refractivity contribution in [2.24, 2.45) is 0 Å². The molecule has 0 unspecified atom stereocenters. The lowest BCUT2D eigenvalue weighted by molar-refractivity contribution is -0.137. The van der Waals surface area contributed by atoms with Crippen molar-refractivity contribution in [1.82, 2.24) is 9.97 Å². The third-order valence-corrected chi connectivity index (χ3v) is 6.17. The van der Waals surface area contributed by atoms with E-state index in [1.165, 1.54) is 29.6 Å². The monoisotopic (exact) mass is 425 g/mol. The predicted octanol–water partition coefficient (Wildman–Crippen LogP) is 4.29. The summed E-state index contributed by atoms with van der Waals surface area (Å²) in [5.74, 6) is 0.159. The summed E-state index contributed by atoms with van der Waals surface area (Å²) in [5.41, 5.74) is -0.619. The highest BCUT2D eigenvalue weighted by atomic mass is 32.2. The summed E-state index contributed by atoms with van der Waals surface area (Å²) in [7, 11) is -3.39. The number of thiophene rings is 1.